The van der Waals surface area contributed by atoms with Crippen LogP contribution in [0.1, 0.15) is 5.56 Å². The molecule has 148 valence electrons. The number of aliphatic hydroxyl groups is 1. The molecule has 0 bridgehead atoms. The Morgan fingerprint density at radius 1 is 1.29 bits per heavy atom. The molecule has 2 aliphatic rings. The molecule has 1 aromatic carbocycles. The zero-order chi connectivity index (χ0) is 19.7. The molecule has 1 N–H and O–H groups in total. The first-order valence-electron chi connectivity index (χ1n) is 9.28. The van der Waals surface area contributed by atoms with E-state index in [0.29, 0.717) is 31.3 Å². The summed E-state index contributed by atoms with van der Waals surface area (Å²) in [5, 5.41) is 9.74. The van der Waals surface area contributed by atoms with Gasteiger partial charge in [0.2, 0.25) is 17.7 Å². The number of benzene rings is 1. The molecule has 2 fully saturated rings. The lowest BCUT2D eigenvalue weighted by atomic mass is 9.73. The number of nitrogens with zero attached hydrogens (tertiary/aromatic N) is 4. The minimum absolute atomic E-state index is 0.0339. The zero-order valence-electron chi connectivity index (χ0n) is 15.7. The van der Waals surface area contributed by atoms with Crippen LogP contribution in [0.15, 0.2) is 42.6 Å². The minimum atomic E-state index is -1.39. The van der Waals surface area contributed by atoms with Gasteiger partial charge in [0, 0.05) is 31.9 Å². The summed E-state index contributed by atoms with van der Waals surface area (Å²) < 4.78 is 19.0. The van der Waals surface area contributed by atoms with Crippen molar-refractivity contribution in [1.29, 1.82) is 0 Å². The second kappa shape index (κ2) is 7.35. The van der Waals surface area contributed by atoms with Crippen molar-refractivity contribution in [1.82, 2.24) is 14.9 Å². The van der Waals surface area contributed by atoms with Crippen LogP contribution in [-0.4, -0.2) is 71.4 Å². The van der Waals surface area contributed by atoms with Crippen molar-refractivity contribution >= 4 is 11.9 Å². The molecule has 1 aromatic heterocycles. The number of methoxy groups -OCH3 is 1. The highest BCUT2D eigenvalue weighted by molar-refractivity contribution is 5.86. The van der Waals surface area contributed by atoms with Gasteiger partial charge in [-0.25, -0.2) is 9.37 Å². The number of likely N-dealkylation sites (tertiary alicyclic amines) is 1. The monoisotopic (exact) mass is 386 g/mol. The third-order valence-corrected chi connectivity index (χ3v) is 5.44. The fourth-order valence-corrected chi connectivity index (χ4v) is 3.98. The van der Waals surface area contributed by atoms with Crippen molar-refractivity contribution in [3.8, 4) is 5.88 Å². The number of halogens is 1. The SMILES string of the molecule is COc1ccnc(N2CC(Cc3ccccc3)(C(=O)N3C[C@@H](O)[C@H](F)C3)C2)n1. The molecule has 3 heterocycles. The lowest BCUT2D eigenvalue weighted by Crippen LogP contribution is -2.65. The van der Waals surface area contributed by atoms with E-state index in [1.54, 1.807) is 12.3 Å². The Bertz CT molecular complexity index is 834. The first-order chi connectivity index (χ1) is 13.5. The van der Waals surface area contributed by atoms with Gasteiger partial charge in [0.05, 0.1) is 19.1 Å². The summed E-state index contributed by atoms with van der Waals surface area (Å²) in [6, 6.07) is 11.4. The van der Waals surface area contributed by atoms with Crippen molar-refractivity contribution in [2.45, 2.75) is 18.7 Å². The first-order valence-corrected chi connectivity index (χ1v) is 9.28. The van der Waals surface area contributed by atoms with Gasteiger partial charge in [0.25, 0.3) is 0 Å². The number of ether oxygens (including phenoxy) is 1. The summed E-state index contributed by atoms with van der Waals surface area (Å²) in [6.45, 7) is 0.827. The first kappa shape index (κ1) is 18.6. The lowest BCUT2D eigenvalue weighted by molar-refractivity contribution is -0.143. The quantitative estimate of drug-likeness (QED) is 0.828. The fourth-order valence-electron chi connectivity index (χ4n) is 3.98. The molecule has 0 unspecified atom stereocenters. The minimum Gasteiger partial charge on any atom is -0.481 e. The maximum absolute atomic E-state index is 13.8. The third-order valence-electron chi connectivity index (χ3n) is 5.44. The van der Waals surface area contributed by atoms with Crippen LogP contribution in [-0.2, 0) is 11.2 Å². The number of rotatable bonds is 5. The van der Waals surface area contributed by atoms with E-state index in [9.17, 15) is 14.3 Å². The average Bonchev–Trinajstić information content (AvgIpc) is 3.03. The summed E-state index contributed by atoms with van der Waals surface area (Å²) in [7, 11) is 1.54. The number of hydrogen-bond donors (Lipinski definition) is 1. The Kier molecular flexibility index (Phi) is 4.89. The van der Waals surface area contributed by atoms with E-state index >= 15 is 0 Å². The highest BCUT2D eigenvalue weighted by atomic mass is 19.1. The molecule has 2 saturated heterocycles. The van der Waals surface area contributed by atoms with E-state index in [0.717, 1.165) is 5.56 Å². The van der Waals surface area contributed by atoms with E-state index < -0.39 is 17.7 Å². The van der Waals surface area contributed by atoms with Crippen molar-refractivity contribution in [2.75, 3.05) is 38.2 Å². The molecular weight excluding hydrogens is 363 g/mol. The molecule has 8 heteroatoms. The molecule has 2 aromatic rings. The standard InChI is InChI=1S/C20H23FN4O3/c1-28-17-7-8-22-19(23-17)25-12-20(13-25,9-14-5-3-2-4-6-14)18(27)24-10-15(21)16(26)11-24/h2-8,15-16,26H,9-13H2,1H3/t15-,16-/m1/s1. The van der Waals surface area contributed by atoms with Gasteiger partial charge >= 0.3 is 0 Å². The Morgan fingerprint density at radius 2 is 2.04 bits per heavy atom. The molecule has 0 spiro atoms. The second-order valence-corrected chi connectivity index (χ2v) is 7.49. The second-order valence-electron chi connectivity index (χ2n) is 7.49. The van der Waals surface area contributed by atoms with Crippen LogP contribution in [0.3, 0.4) is 0 Å². The maximum atomic E-state index is 13.8. The van der Waals surface area contributed by atoms with Crippen LogP contribution in [0.4, 0.5) is 10.3 Å². The molecule has 2 atom stereocenters. The van der Waals surface area contributed by atoms with Gasteiger partial charge in [0.1, 0.15) is 12.3 Å². The van der Waals surface area contributed by atoms with Crippen molar-refractivity contribution in [3.63, 3.8) is 0 Å². The van der Waals surface area contributed by atoms with E-state index in [2.05, 4.69) is 9.97 Å². The van der Waals surface area contributed by atoms with Gasteiger partial charge in [0.15, 0.2) is 0 Å². The summed E-state index contributed by atoms with van der Waals surface area (Å²) in [4.78, 5) is 25.3. The molecule has 4 rings (SSSR count). The molecule has 0 radical (unpaired) electrons. The van der Waals surface area contributed by atoms with Crippen LogP contribution in [0.2, 0.25) is 0 Å². The molecule has 28 heavy (non-hydrogen) atoms. The number of aliphatic hydroxyl groups excluding tert-OH is 1. The predicted molar refractivity (Wildman–Crippen MR) is 101 cm³/mol. The van der Waals surface area contributed by atoms with Crippen molar-refractivity contribution in [3.05, 3.63) is 48.2 Å². The number of anilines is 1. The van der Waals surface area contributed by atoms with E-state index in [1.807, 2.05) is 35.2 Å². The summed E-state index contributed by atoms with van der Waals surface area (Å²) in [6.07, 6.45) is -0.354. The molecule has 1 amide bonds. The zero-order valence-corrected chi connectivity index (χ0v) is 15.7. The van der Waals surface area contributed by atoms with Crippen LogP contribution in [0, 0.1) is 5.41 Å². The van der Waals surface area contributed by atoms with Crippen molar-refractivity contribution in [2.24, 2.45) is 5.41 Å². The van der Waals surface area contributed by atoms with Crippen LogP contribution >= 0.6 is 0 Å². The van der Waals surface area contributed by atoms with E-state index in [1.165, 1.54) is 12.0 Å². The summed E-state index contributed by atoms with van der Waals surface area (Å²) in [5.74, 6) is 0.829. The van der Waals surface area contributed by atoms with Gasteiger partial charge < -0.3 is 19.6 Å². The molecule has 0 saturated carbocycles. The highest BCUT2D eigenvalue weighted by Crippen LogP contribution is 2.39. The Balaban J connectivity index is 1.56. The summed E-state index contributed by atoms with van der Waals surface area (Å²) >= 11 is 0. The van der Waals surface area contributed by atoms with Gasteiger partial charge in [-0.2, -0.15) is 4.98 Å². The number of aromatic nitrogens is 2. The van der Waals surface area contributed by atoms with E-state index in [-0.39, 0.29) is 19.0 Å². The number of carbonyl (C=O) groups is 1. The number of carbonyl (C=O) groups excluding carboxylic acids is 1. The molecular formula is C20H23FN4O3. The smallest absolute Gasteiger partial charge is 0.232 e. The maximum Gasteiger partial charge on any atom is 0.232 e. The largest absolute Gasteiger partial charge is 0.481 e. The van der Waals surface area contributed by atoms with Crippen molar-refractivity contribution < 1.29 is 19.0 Å². The Labute approximate surface area is 162 Å². The van der Waals surface area contributed by atoms with Gasteiger partial charge in [-0.05, 0) is 12.0 Å². The van der Waals surface area contributed by atoms with Crippen LogP contribution in [0.5, 0.6) is 5.88 Å². The van der Waals surface area contributed by atoms with Crippen LogP contribution < -0.4 is 9.64 Å². The topological polar surface area (TPSA) is 78.8 Å². The number of hydrogen-bond acceptors (Lipinski definition) is 6. The normalized spacial score (nSPS) is 23.4. The average molecular weight is 386 g/mol. The number of alkyl halides is 1. The van der Waals surface area contributed by atoms with Crippen LogP contribution in [0.25, 0.3) is 0 Å². The highest BCUT2D eigenvalue weighted by Gasteiger charge is 2.53. The fraction of sp³-hybridized carbons (Fsp3) is 0.450. The third kappa shape index (κ3) is 3.40. The Morgan fingerprint density at radius 3 is 2.68 bits per heavy atom. The molecule has 2 aliphatic heterocycles. The molecule has 0 aliphatic carbocycles. The number of amides is 1. The lowest BCUT2D eigenvalue weighted by Gasteiger charge is -2.50. The van der Waals surface area contributed by atoms with Gasteiger partial charge in [-0.3, -0.25) is 4.79 Å². The summed E-state index contributed by atoms with van der Waals surface area (Å²) in [5.41, 5.74) is 0.344. The Hall–Kier alpha value is -2.74. The predicted octanol–water partition coefficient (Wildman–Crippen LogP) is 1.08. The van der Waals surface area contributed by atoms with Gasteiger partial charge in [-0.1, -0.05) is 30.3 Å². The number of β-amino-alcohol motifs (C(OH)–C–C–N with tert-alkyl or cyclic N) is 1. The molecule has 7 nitrogen and oxygen atoms in total. The van der Waals surface area contributed by atoms with E-state index in [4.69, 9.17) is 4.74 Å². The van der Waals surface area contributed by atoms with Gasteiger partial charge in [-0.15, -0.1) is 0 Å².